The SMILES string of the molecule is CC(O)C1C(=O)N2C(C(=O)O)=C(SC3CCN(CCF)C3)C(C)[C@H]12. The van der Waals surface area contributed by atoms with Crippen LogP contribution >= 0.6 is 11.8 Å². The van der Waals surface area contributed by atoms with Crippen LogP contribution in [0.4, 0.5) is 4.39 Å². The predicted molar refractivity (Wildman–Crippen MR) is 88.0 cm³/mol. The van der Waals surface area contributed by atoms with Crippen molar-refractivity contribution < 1.29 is 24.2 Å². The van der Waals surface area contributed by atoms with Gasteiger partial charge in [0.25, 0.3) is 0 Å². The van der Waals surface area contributed by atoms with E-state index in [9.17, 15) is 24.2 Å². The lowest BCUT2D eigenvalue weighted by atomic mass is 9.79. The summed E-state index contributed by atoms with van der Waals surface area (Å²) in [6, 6.07) is -0.269. The Hall–Kier alpha value is -1.12. The van der Waals surface area contributed by atoms with Gasteiger partial charge in [0.15, 0.2) is 0 Å². The number of aliphatic carboxylic acids is 1. The average molecular weight is 358 g/mol. The minimum absolute atomic E-state index is 0.0725. The first-order chi connectivity index (χ1) is 11.4. The van der Waals surface area contributed by atoms with Gasteiger partial charge in [0.1, 0.15) is 12.4 Å². The molecule has 0 spiro atoms. The van der Waals surface area contributed by atoms with Crippen LogP contribution in [-0.4, -0.2) is 75.6 Å². The largest absolute Gasteiger partial charge is 0.477 e. The molecule has 2 N–H and O–H groups in total. The second-order valence-corrected chi connectivity index (χ2v) is 8.13. The second-order valence-electron chi connectivity index (χ2n) is 6.79. The molecule has 3 heterocycles. The van der Waals surface area contributed by atoms with Gasteiger partial charge >= 0.3 is 5.97 Å². The summed E-state index contributed by atoms with van der Waals surface area (Å²) in [6.45, 7) is 5.08. The Kier molecular flexibility index (Phi) is 4.90. The molecule has 0 radical (unpaired) electrons. The van der Waals surface area contributed by atoms with Crippen molar-refractivity contribution >= 4 is 23.6 Å². The van der Waals surface area contributed by atoms with E-state index in [-0.39, 0.29) is 35.5 Å². The highest BCUT2D eigenvalue weighted by Gasteiger charge is 2.60. The minimum Gasteiger partial charge on any atom is -0.477 e. The molecule has 24 heavy (non-hydrogen) atoms. The van der Waals surface area contributed by atoms with E-state index in [0.717, 1.165) is 24.4 Å². The average Bonchev–Trinajstić information content (AvgIpc) is 3.02. The number of carbonyl (C=O) groups is 2. The fourth-order valence-corrected chi connectivity index (χ4v) is 5.59. The molecule has 0 aliphatic carbocycles. The third-order valence-corrected chi connectivity index (χ3v) is 6.77. The lowest BCUT2D eigenvalue weighted by Crippen LogP contribution is -2.63. The van der Waals surface area contributed by atoms with E-state index in [1.807, 2.05) is 11.8 Å². The fraction of sp³-hybridized carbons (Fsp3) is 0.750. The summed E-state index contributed by atoms with van der Waals surface area (Å²) >= 11 is 1.51. The number of halogens is 1. The van der Waals surface area contributed by atoms with Crippen molar-refractivity contribution in [1.82, 2.24) is 9.80 Å². The highest BCUT2D eigenvalue weighted by Crippen LogP contribution is 2.51. The summed E-state index contributed by atoms with van der Waals surface area (Å²) in [5.41, 5.74) is 0.0725. The number of aliphatic hydroxyl groups excluding tert-OH is 1. The van der Waals surface area contributed by atoms with E-state index in [2.05, 4.69) is 0 Å². The fourth-order valence-electron chi connectivity index (χ4n) is 4.07. The molecule has 134 valence electrons. The Morgan fingerprint density at radius 2 is 2.21 bits per heavy atom. The number of likely N-dealkylation sites (tertiary alicyclic amines) is 1. The number of hydrogen-bond acceptors (Lipinski definition) is 5. The third kappa shape index (κ3) is 2.74. The van der Waals surface area contributed by atoms with Crippen LogP contribution in [0.5, 0.6) is 0 Å². The molecule has 0 bridgehead atoms. The normalized spacial score (nSPS) is 34.5. The summed E-state index contributed by atoms with van der Waals surface area (Å²) in [5.74, 6) is -2.03. The molecule has 5 atom stereocenters. The highest BCUT2D eigenvalue weighted by atomic mass is 32.2. The topological polar surface area (TPSA) is 81.1 Å². The summed E-state index contributed by atoms with van der Waals surface area (Å²) in [6.07, 6.45) is 0.0961. The molecule has 3 rings (SSSR count). The van der Waals surface area contributed by atoms with Gasteiger partial charge in [0, 0.05) is 29.2 Å². The smallest absolute Gasteiger partial charge is 0.353 e. The summed E-state index contributed by atoms with van der Waals surface area (Å²) < 4.78 is 12.5. The van der Waals surface area contributed by atoms with Crippen LogP contribution in [0, 0.1) is 11.8 Å². The van der Waals surface area contributed by atoms with Gasteiger partial charge in [0.05, 0.1) is 18.1 Å². The van der Waals surface area contributed by atoms with Crippen LogP contribution in [0.25, 0.3) is 0 Å². The van der Waals surface area contributed by atoms with Crippen LogP contribution in [0.1, 0.15) is 20.3 Å². The maximum absolute atomic E-state index is 12.5. The van der Waals surface area contributed by atoms with Gasteiger partial charge in [-0.2, -0.15) is 0 Å². The van der Waals surface area contributed by atoms with Gasteiger partial charge in [-0.1, -0.05) is 6.92 Å². The zero-order valence-corrected chi connectivity index (χ0v) is 14.6. The molecular formula is C16H23FN2O4S. The molecule has 4 unspecified atom stereocenters. The lowest BCUT2D eigenvalue weighted by Gasteiger charge is -2.46. The maximum Gasteiger partial charge on any atom is 0.353 e. The van der Waals surface area contributed by atoms with E-state index in [4.69, 9.17) is 0 Å². The van der Waals surface area contributed by atoms with Gasteiger partial charge in [-0.25, -0.2) is 9.18 Å². The van der Waals surface area contributed by atoms with Gasteiger partial charge in [-0.3, -0.25) is 9.69 Å². The molecule has 2 saturated heterocycles. The number of nitrogens with zero attached hydrogens (tertiary/aromatic N) is 2. The Morgan fingerprint density at radius 3 is 2.79 bits per heavy atom. The lowest BCUT2D eigenvalue weighted by molar-refractivity contribution is -0.163. The monoisotopic (exact) mass is 358 g/mol. The van der Waals surface area contributed by atoms with Crippen LogP contribution in [-0.2, 0) is 9.59 Å². The molecular weight excluding hydrogens is 335 g/mol. The number of fused-ring (bicyclic) bond motifs is 1. The van der Waals surface area contributed by atoms with Crippen molar-refractivity contribution in [2.24, 2.45) is 11.8 Å². The minimum atomic E-state index is -1.09. The molecule has 1 amide bonds. The van der Waals surface area contributed by atoms with Crippen LogP contribution < -0.4 is 0 Å². The first-order valence-corrected chi connectivity index (χ1v) is 9.18. The number of carboxylic acids is 1. The zero-order valence-electron chi connectivity index (χ0n) is 13.8. The summed E-state index contributed by atoms with van der Waals surface area (Å²) in [7, 11) is 0. The Bertz CT molecular complexity index is 582. The van der Waals surface area contributed by atoms with E-state index < -0.39 is 18.0 Å². The van der Waals surface area contributed by atoms with Gasteiger partial charge in [-0.05, 0) is 19.9 Å². The summed E-state index contributed by atoms with van der Waals surface area (Å²) in [5, 5.41) is 19.6. The molecule has 0 aromatic carbocycles. The molecule has 0 aromatic rings. The number of thioether (sulfide) groups is 1. The number of aliphatic hydroxyl groups is 1. The Morgan fingerprint density at radius 1 is 1.50 bits per heavy atom. The number of carboxylic acid groups (broad SMARTS) is 1. The standard InChI is InChI=1S/C16H23FN2O4S/c1-8-12-11(9(2)20)15(21)19(12)13(16(22)23)14(8)24-10-3-5-18(7-10)6-4-17/h8-12,20H,3-7H2,1-2H3,(H,22,23)/t8?,9?,10?,11?,12-/m1/s1. The van der Waals surface area contributed by atoms with Crippen LogP contribution in [0.3, 0.4) is 0 Å². The second kappa shape index (κ2) is 6.65. The van der Waals surface area contributed by atoms with Gasteiger partial charge < -0.3 is 15.1 Å². The van der Waals surface area contributed by atoms with E-state index in [1.165, 1.54) is 16.7 Å². The number of hydrogen-bond donors (Lipinski definition) is 2. The first-order valence-electron chi connectivity index (χ1n) is 8.30. The van der Waals surface area contributed by atoms with E-state index in [0.29, 0.717) is 6.54 Å². The van der Waals surface area contributed by atoms with Crippen molar-refractivity contribution in [3.8, 4) is 0 Å². The van der Waals surface area contributed by atoms with E-state index >= 15 is 0 Å². The number of β-lactam (4-membered cyclic amide) rings is 1. The first kappa shape index (κ1) is 17.7. The number of amides is 1. The molecule has 2 fully saturated rings. The highest BCUT2D eigenvalue weighted by molar-refractivity contribution is 8.03. The van der Waals surface area contributed by atoms with Crippen molar-refractivity contribution in [3.63, 3.8) is 0 Å². The van der Waals surface area contributed by atoms with Gasteiger partial charge in [-0.15, -0.1) is 11.8 Å². The molecule has 0 aromatic heterocycles. The zero-order chi connectivity index (χ0) is 17.6. The molecule has 3 aliphatic rings. The Balaban J connectivity index is 1.79. The molecule has 8 heteroatoms. The number of carbonyl (C=O) groups excluding carboxylic acids is 1. The van der Waals surface area contributed by atoms with Crippen molar-refractivity contribution in [2.45, 2.75) is 37.7 Å². The quantitative estimate of drug-likeness (QED) is 0.687. The predicted octanol–water partition coefficient (Wildman–Crippen LogP) is 0.917. The molecule has 6 nitrogen and oxygen atoms in total. The number of rotatable bonds is 6. The van der Waals surface area contributed by atoms with E-state index in [1.54, 1.807) is 6.92 Å². The van der Waals surface area contributed by atoms with Crippen molar-refractivity contribution in [1.29, 1.82) is 0 Å². The van der Waals surface area contributed by atoms with Crippen molar-refractivity contribution in [2.75, 3.05) is 26.3 Å². The third-order valence-electron chi connectivity index (χ3n) is 5.23. The van der Waals surface area contributed by atoms with Gasteiger partial charge in [0.2, 0.25) is 5.91 Å². The van der Waals surface area contributed by atoms with Crippen LogP contribution in [0.15, 0.2) is 10.6 Å². The molecule has 0 saturated carbocycles. The number of alkyl halides is 1. The van der Waals surface area contributed by atoms with Crippen LogP contribution in [0.2, 0.25) is 0 Å². The Labute approximate surface area is 144 Å². The maximum atomic E-state index is 12.5. The molecule has 3 aliphatic heterocycles. The van der Waals surface area contributed by atoms with Crippen molar-refractivity contribution in [3.05, 3.63) is 10.6 Å². The summed E-state index contributed by atoms with van der Waals surface area (Å²) in [4.78, 5) is 28.1.